The molecule has 0 amide bonds. The molecule has 3 rings (SSSR count). The fourth-order valence-electron chi connectivity index (χ4n) is 1.86. The summed E-state index contributed by atoms with van der Waals surface area (Å²) in [6.07, 6.45) is 1.61. The normalized spacial score (nSPS) is 11.1. The van der Waals surface area contributed by atoms with Crippen LogP contribution in [-0.4, -0.2) is 9.55 Å². The molecule has 3 aromatic rings. The van der Waals surface area contributed by atoms with Gasteiger partial charge in [0.1, 0.15) is 17.1 Å². The SMILES string of the molecule is Fc1cccc2c1[nH]c(=S)n2Cc1ccco1. The van der Waals surface area contributed by atoms with E-state index in [1.54, 1.807) is 12.3 Å². The maximum absolute atomic E-state index is 13.5. The Labute approximate surface area is 101 Å². The number of imidazole rings is 1. The van der Waals surface area contributed by atoms with Crippen LogP contribution in [0.5, 0.6) is 0 Å². The summed E-state index contributed by atoms with van der Waals surface area (Å²) < 4.78 is 21.1. The van der Waals surface area contributed by atoms with Gasteiger partial charge in [0, 0.05) is 0 Å². The highest BCUT2D eigenvalue weighted by Gasteiger charge is 2.09. The first-order valence-corrected chi connectivity index (χ1v) is 5.56. The third-order valence-electron chi connectivity index (χ3n) is 2.65. The highest BCUT2D eigenvalue weighted by molar-refractivity contribution is 7.71. The van der Waals surface area contributed by atoms with Crippen LogP contribution < -0.4 is 0 Å². The summed E-state index contributed by atoms with van der Waals surface area (Å²) in [5.74, 6) is 0.484. The van der Waals surface area contributed by atoms with Crippen LogP contribution in [0.3, 0.4) is 0 Å². The number of aromatic amines is 1. The lowest BCUT2D eigenvalue weighted by Gasteiger charge is -2.01. The number of nitrogens with one attached hydrogen (secondary N) is 1. The Kier molecular flexibility index (Phi) is 2.33. The largest absolute Gasteiger partial charge is 0.467 e. The number of fused-ring (bicyclic) bond motifs is 1. The molecule has 17 heavy (non-hydrogen) atoms. The van der Waals surface area contributed by atoms with Crippen LogP contribution in [0.15, 0.2) is 41.0 Å². The Morgan fingerprint density at radius 3 is 2.94 bits per heavy atom. The minimum Gasteiger partial charge on any atom is -0.467 e. The Bertz CT molecular complexity index is 712. The van der Waals surface area contributed by atoms with E-state index < -0.39 is 0 Å². The smallest absolute Gasteiger partial charge is 0.178 e. The van der Waals surface area contributed by atoms with Crippen molar-refractivity contribution in [2.24, 2.45) is 0 Å². The molecule has 1 aromatic carbocycles. The summed E-state index contributed by atoms with van der Waals surface area (Å²) in [4.78, 5) is 2.87. The van der Waals surface area contributed by atoms with Gasteiger partial charge in [0.25, 0.3) is 0 Å². The highest BCUT2D eigenvalue weighted by atomic mass is 32.1. The molecule has 0 bridgehead atoms. The van der Waals surface area contributed by atoms with Crippen molar-refractivity contribution in [3.8, 4) is 0 Å². The van der Waals surface area contributed by atoms with E-state index in [9.17, 15) is 4.39 Å². The van der Waals surface area contributed by atoms with Gasteiger partial charge in [0.2, 0.25) is 0 Å². The molecule has 0 fully saturated rings. The van der Waals surface area contributed by atoms with Crippen molar-refractivity contribution in [3.63, 3.8) is 0 Å². The molecule has 0 radical (unpaired) electrons. The van der Waals surface area contributed by atoms with Crippen molar-refractivity contribution < 1.29 is 8.81 Å². The predicted octanol–water partition coefficient (Wildman–Crippen LogP) is 3.48. The van der Waals surface area contributed by atoms with Gasteiger partial charge in [0.15, 0.2) is 4.77 Å². The third kappa shape index (κ3) is 1.68. The van der Waals surface area contributed by atoms with Crippen molar-refractivity contribution >= 4 is 23.3 Å². The first kappa shape index (κ1) is 10.3. The van der Waals surface area contributed by atoms with Gasteiger partial charge in [-0.2, -0.15) is 0 Å². The van der Waals surface area contributed by atoms with Gasteiger partial charge < -0.3 is 14.0 Å². The Morgan fingerprint density at radius 1 is 1.29 bits per heavy atom. The number of H-pyrrole nitrogens is 1. The second-order valence-corrected chi connectivity index (χ2v) is 4.12. The fourth-order valence-corrected chi connectivity index (χ4v) is 2.13. The molecule has 0 atom stereocenters. The summed E-state index contributed by atoms with van der Waals surface area (Å²) in [6.45, 7) is 0.495. The number of aromatic nitrogens is 2. The monoisotopic (exact) mass is 248 g/mol. The fraction of sp³-hybridized carbons (Fsp3) is 0.0833. The number of hydrogen-bond acceptors (Lipinski definition) is 2. The molecule has 0 aliphatic heterocycles. The molecule has 0 spiro atoms. The molecule has 2 heterocycles. The van der Waals surface area contributed by atoms with Crippen molar-refractivity contribution in [2.75, 3.05) is 0 Å². The highest BCUT2D eigenvalue weighted by Crippen LogP contribution is 2.18. The van der Waals surface area contributed by atoms with Gasteiger partial charge in [-0.15, -0.1) is 0 Å². The minimum atomic E-state index is -0.299. The van der Waals surface area contributed by atoms with E-state index in [0.29, 0.717) is 16.8 Å². The lowest BCUT2D eigenvalue weighted by atomic mass is 10.3. The molecule has 0 aliphatic carbocycles. The molecule has 3 nitrogen and oxygen atoms in total. The zero-order valence-corrected chi connectivity index (χ0v) is 9.63. The van der Waals surface area contributed by atoms with Gasteiger partial charge in [0.05, 0.1) is 18.3 Å². The standard InChI is InChI=1S/C12H9FN2OS/c13-9-4-1-5-10-11(9)14-12(17)15(10)7-8-3-2-6-16-8/h1-6H,7H2,(H,14,17). The van der Waals surface area contributed by atoms with Gasteiger partial charge in [-0.05, 0) is 36.5 Å². The van der Waals surface area contributed by atoms with Crippen LogP contribution in [-0.2, 0) is 6.54 Å². The number of benzene rings is 1. The van der Waals surface area contributed by atoms with Crippen molar-refractivity contribution in [3.05, 3.63) is 52.9 Å². The summed E-state index contributed by atoms with van der Waals surface area (Å²) in [5, 5.41) is 0. The average molecular weight is 248 g/mol. The van der Waals surface area contributed by atoms with E-state index in [1.165, 1.54) is 6.07 Å². The summed E-state index contributed by atoms with van der Waals surface area (Å²) in [5.41, 5.74) is 1.18. The lowest BCUT2D eigenvalue weighted by Crippen LogP contribution is -1.98. The van der Waals surface area contributed by atoms with Gasteiger partial charge >= 0.3 is 0 Å². The van der Waals surface area contributed by atoms with Crippen LogP contribution >= 0.6 is 12.2 Å². The van der Waals surface area contributed by atoms with Crippen LogP contribution in [0.4, 0.5) is 4.39 Å². The van der Waals surface area contributed by atoms with Gasteiger partial charge in [-0.3, -0.25) is 0 Å². The van der Waals surface area contributed by atoms with E-state index in [1.807, 2.05) is 22.8 Å². The van der Waals surface area contributed by atoms with E-state index in [2.05, 4.69) is 4.98 Å². The number of rotatable bonds is 2. The van der Waals surface area contributed by atoms with Crippen molar-refractivity contribution in [2.45, 2.75) is 6.54 Å². The summed E-state index contributed by atoms with van der Waals surface area (Å²) in [7, 11) is 0. The molecule has 1 N–H and O–H groups in total. The van der Waals surface area contributed by atoms with E-state index in [-0.39, 0.29) is 5.82 Å². The third-order valence-corrected chi connectivity index (χ3v) is 2.98. The topological polar surface area (TPSA) is 33.9 Å². The molecule has 0 aliphatic rings. The van der Waals surface area contributed by atoms with Gasteiger partial charge in [-0.25, -0.2) is 4.39 Å². The molecular weight excluding hydrogens is 239 g/mol. The van der Waals surface area contributed by atoms with Crippen LogP contribution in [0.1, 0.15) is 5.76 Å². The zero-order valence-electron chi connectivity index (χ0n) is 8.81. The first-order valence-electron chi connectivity index (χ1n) is 5.15. The first-order chi connectivity index (χ1) is 8.25. The second-order valence-electron chi connectivity index (χ2n) is 3.73. The molecule has 0 saturated heterocycles. The number of hydrogen-bond donors (Lipinski definition) is 1. The lowest BCUT2D eigenvalue weighted by molar-refractivity contribution is 0.495. The van der Waals surface area contributed by atoms with E-state index in [0.717, 1.165) is 11.3 Å². The van der Waals surface area contributed by atoms with E-state index in [4.69, 9.17) is 16.6 Å². The molecule has 0 saturated carbocycles. The van der Waals surface area contributed by atoms with Crippen LogP contribution in [0.2, 0.25) is 0 Å². The maximum Gasteiger partial charge on any atom is 0.178 e. The molecule has 86 valence electrons. The Morgan fingerprint density at radius 2 is 2.18 bits per heavy atom. The molecule has 0 unspecified atom stereocenters. The van der Waals surface area contributed by atoms with E-state index >= 15 is 0 Å². The quantitative estimate of drug-likeness (QED) is 0.704. The Balaban J connectivity index is 2.19. The molecular formula is C12H9FN2OS. The number of halogens is 1. The number of para-hydroxylation sites is 1. The zero-order chi connectivity index (χ0) is 11.8. The van der Waals surface area contributed by atoms with Gasteiger partial charge in [-0.1, -0.05) is 6.07 Å². The van der Waals surface area contributed by atoms with Crippen LogP contribution in [0.25, 0.3) is 11.0 Å². The average Bonchev–Trinajstić information content (AvgIpc) is 2.91. The number of nitrogens with zero attached hydrogens (tertiary/aromatic N) is 1. The second kappa shape index (κ2) is 3.85. The number of furan rings is 1. The van der Waals surface area contributed by atoms with Crippen LogP contribution in [0, 0.1) is 10.6 Å². The summed E-state index contributed by atoms with van der Waals surface area (Å²) in [6, 6.07) is 8.58. The predicted molar refractivity (Wildman–Crippen MR) is 64.9 cm³/mol. The Hall–Kier alpha value is -1.88. The molecule has 2 aromatic heterocycles. The summed E-state index contributed by atoms with van der Waals surface area (Å²) >= 11 is 5.18. The van der Waals surface area contributed by atoms with Crippen molar-refractivity contribution in [1.29, 1.82) is 0 Å². The minimum absolute atomic E-state index is 0.299. The van der Waals surface area contributed by atoms with Crippen molar-refractivity contribution in [1.82, 2.24) is 9.55 Å². The maximum atomic E-state index is 13.5. The molecule has 5 heteroatoms.